The van der Waals surface area contributed by atoms with Crippen LogP contribution in [0.3, 0.4) is 0 Å². The molecule has 1 aliphatic rings. The van der Waals surface area contributed by atoms with Crippen molar-refractivity contribution in [2.45, 2.75) is 18.6 Å². The molecule has 0 saturated carbocycles. The number of likely N-dealkylation sites (tertiary alicyclic amines) is 1. The van der Waals surface area contributed by atoms with E-state index < -0.39 is 35.5 Å². The Morgan fingerprint density at radius 3 is 2.63 bits per heavy atom. The van der Waals surface area contributed by atoms with Crippen LogP contribution in [0.2, 0.25) is 0 Å². The predicted molar refractivity (Wildman–Crippen MR) is 61.8 cm³/mol. The van der Waals surface area contributed by atoms with Gasteiger partial charge in [0.1, 0.15) is 6.04 Å². The number of aromatic amines is 1. The molecule has 2 heterocycles. The van der Waals surface area contributed by atoms with Crippen LogP contribution in [0.15, 0.2) is 16.9 Å². The summed E-state index contributed by atoms with van der Waals surface area (Å²) < 4.78 is 0. The van der Waals surface area contributed by atoms with Crippen molar-refractivity contribution in [3.8, 4) is 5.88 Å². The third-order valence-corrected chi connectivity index (χ3v) is 2.90. The lowest BCUT2D eigenvalue weighted by Crippen LogP contribution is -2.40. The van der Waals surface area contributed by atoms with Crippen molar-refractivity contribution in [2.24, 2.45) is 0 Å². The first-order valence-electron chi connectivity index (χ1n) is 5.53. The lowest BCUT2D eigenvalue weighted by atomic mass is 10.2. The molecule has 1 aromatic heterocycles. The van der Waals surface area contributed by atoms with E-state index in [1.165, 1.54) is 0 Å². The van der Waals surface area contributed by atoms with Crippen LogP contribution in [0, 0.1) is 0 Å². The smallest absolute Gasteiger partial charge is 0.326 e. The number of H-pyrrole nitrogens is 1. The monoisotopic (exact) mass is 268 g/mol. The lowest BCUT2D eigenvalue weighted by Gasteiger charge is -2.20. The summed E-state index contributed by atoms with van der Waals surface area (Å²) in [7, 11) is 0. The van der Waals surface area contributed by atoms with Crippen molar-refractivity contribution < 1.29 is 24.9 Å². The SMILES string of the molecule is O=C(O)[C@@H]1C[C@@H](O)CN1C(=O)c1cc(O)[nH]c(=O)c1. The minimum absolute atomic E-state index is 0.0593. The highest BCUT2D eigenvalue weighted by Crippen LogP contribution is 2.21. The van der Waals surface area contributed by atoms with Crippen LogP contribution < -0.4 is 5.56 Å². The van der Waals surface area contributed by atoms with Crippen LogP contribution in [0.25, 0.3) is 0 Å². The van der Waals surface area contributed by atoms with Gasteiger partial charge in [0.15, 0.2) is 5.88 Å². The summed E-state index contributed by atoms with van der Waals surface area (Å²) in [5.74, 6) is -2.42. The Morgan fingerprint density at radius 2 is 2.05 bits per heavy atom. The van der Waals surface area contributed by atoms with Crippen molar-refractivity contribution in [3.05, 3.63) is 28.0 Å². The van der Waals surface area contributed by atoms with E-state index in [1.807, 2.05) is 0 Å². The highest BCUT2D eigenvalue weighted by molar-refractivity contribution is 5.97. The van der Waals surface area contributed by atoms with Crippen LogP contribution in [0.1, 0.15) is 16.8 Å². The number of carbonyl (C=O) groups excluding carboxylic acids is 1. The predicted octanol–water partition coefficient (Wildman–Crippen LogP) is -1.26. The summed E-state index contributed by atoms with van der Waals surface area (Å²) >= 11 is 0. The normalized spacial score (nSPS) is 22.5. The summed E-state index contributed by atoms with van der Waals surface area (Å²) in [6, 6.07) is 0.864. The standard InChI is InChI=1S/C11H12N2O6/c14-6-3-7(11(18)19)13(4-6)10(17)5-1-8(15)12-9(16)2-5/h1-2,6-7,14H,3-4H2,(H,18,19)(H2,12,15,16)/t6-,7+/m1/s1. The Labute approximate surface area is 106 Å². The van der Waals surface area contributed by atoms with Crippen molar-refractivity contribution in [2.75, 3.05) is 6.54 Å². The molecule has 8 heteroatoms. The molecule has 1 amide bonds. The summed E-state index contributed by atoms with van der Waals surface area (Å²) in [5.41, 5.74) is -0.795. The first kappa shape index (κ1) is 13.1. The Hall–Kier alpha value is -2.35. The van der Waals surface area contributed by atoms with Gasteiger partial charge in [-0.2, -0.15) is 0 Å². The van der Waals surface area contributed by atoms with Gasteiger partial charge in [-0.3, -0.25) is 14.6 Å². The molecule has 0 bridgehead atoms. The minimum Gasteiger partial charge on any atom is -0.494 e. The number of hydrogen-bond donors (Lipinski definition) is 4. The maximum absolute atomic E-state index is 12.1. The Balaban J connectivity index is 2.32. The third-order valence-electron chi connectivity index (χ3n) is 2.90. The molecule has 2 atom stereocenters. The number of carboxylic acids is 1. The maximum atomic E-state index is 12.1. The number of carbonyl (C=O) groups is 2. The van der Waals surface area contributed by atoms with Gasteiger partial charge in [-0.15, -0.1) is 0 Å². The molecule has 1 aromatic rings. The van der Waals surface area contributed by atoms with Gasteiger partial charge in [0, 0.05) is 25.1 Å². The number of carboxylic acid groups (broad SMARTS) is 1. The van der Waals surface area contributed by atoms with Gasteiger partial charge in [0.2, 0.25) is 0 Å². The van der Waals surface area contributed by atoms with Crippen LogP contribution in [-0.4, -0.2) is 55.8 Å². The van der Waals surface area contributed by atoms with E-state index in [2.05, 4.69) is 4.98 Å². The average Bonchev–Trinajstić information content (AvgIpc) is 2.69. The molecule has 0 aromatic carbocycles. The van der Waals surface area contributed by atoms with Crippen molar-refractivity contribution in [1.82, 2.24) is 9.88 Å². The Morgan fingerprint density at radius 1 is 1.37 bits per heavy atom. The zero-order valence-electron chi connectivity index (χ0n) is 9.74. The van der Waals surface area contributed by atoms with Crippen LogP contribution in [0.5, 0.6) is 5.88 Å². The number of nitrogens with one attached hydrogen (secondary N) is 1. The van der Waals surface area contributed by atoms with Gasteiger partial charge in [0.25, 0.3) is 11.5 Å². The fraction of sp³-hybridized carbons (Fsp3) is 0.364. The zero-order chi connectivity index (χ0) is 14.2. The fourth-order valence-corrected chi connectivity index (χ4v) is 2.09. The molecule has 1 fully saturated rings. The quantitative estimate of drug-likeness (QED) is 0.529. The third kappa shape index (κ3) is 2.58. The van der Waals surface area contributed by atoms with Crippen molar-refractivity contribution in [3.63, 3.8) is 0 Å². The van der Waals surface area contributed by atoms with Gasteiger partial charge < -0.3 is 20.2 Å². The first-order chi connectivity index (χ1) is 8.88. The molecule has 19 heavy (non-hydrogen) atoms. The topological polar surface area (TPSA) is 131 Å². The molecular weight excluding hydrogens is 256 g/mol. The minimum atomic E-state index is -1.22. The van der Waals surface area contributed by atoms with Gasteiger partial charge in [-0.25, -0.2) is 4.79 Å². The average molecular weight is 268 g/mol. The number of hydrogen-bond acceptors (Lipinski definition) is 5. The largest absolute Gasteiger partial charge is 0.494 e. The molecule has 2 rings (SSSR count). The Kier molecular flexibility index (Phi) is 3.26. The second-order valence-corrected chi connectivity index (χ2v) is 4.32. The summed E-state index contributed by atoms with van der Waals surface area (Å²) in [6.07, 6.45) is -0.975. The summed E-state index contributed by atoms with van der Waals surface area (Å²) in [5, 5.41) is 27.7. The zero-order valence-corrected chi connectivity index (χ0v) is 9.74. The van der Waals surface area contributed by atoms with Crippen molar-refractivity contribution in [1.29, 1.82) is 0 Å². The van der Waals surface area contributed by atoms with Gasteiger partial charge >= 0.3 is 5.97 Å². The van der Waals surface area contributed by atoms with Crippen LogP contribution in [-0.2, 0) is 4.79 Å². The van der Waals surface area contributed by atoms with Crippen molar-refractivity contribution >= 4 is 11.9 Å². The van der Waals surface area contributed by atoms with Gasteiger partial charge in [-0.05, 0) is 0 Å². The fourth-order valence-electron chi connectivity index (χ4n) is 2.09. The van der Waals surface area contributed by atoms with Gasteiger partial charge in [-0.1, -0.05) is 0 Å². The molecule has 0 aliphatic carbocycles. The van der Waals surface area contributed by atoms with E-state index in [9.17, 15) is 24.6 Å². The summed E-state index contributed by atoms with van der Waals surface area (Å²) in [4.78, 5) is 37.3. The van der Waals surface area contributed by atoms with E-state index in [1.54, 1.807) is 0 Å². The highest BCUT2D eigenvalue weighted by atomic mass is 16.4. The van der Waals surface area contributed by atoms with E-state index >= 15 is 0 Å². The number of β-amino-alcohol motifs (C(OH)–C–C–N with tert-alkyl or cyclic N) is 1. The maximum Gasteiger partial charge on any atom is 0.326 e. The lowest BCUT2D eigenvalue weighted by molar-refractivity contribution is -0.141. The van der Waals surface area contributed by atoms with E-state index in [0.717, 1.165) is 17.0 Å². The number of rotatable bonds is 2. The molecule has 1 saturated heterocycles. The van der Waals surface area contributed by atoms with E-state index in [4.69, 9.17) is 5.11 Å². The summed E-state index contributed by atoms with van der Waals surface area (Å²) in [6.45, 7) is -0.122. The molecule has 0 radical (unpaired) electrons. The number of nitrogens with zero attached hydrogens (tertiary/aromatic N) is 1. The number of aliphatic carboxylic acids is 1. The first-order valence-corrected chi connectivity index (χ1v) is 5.53. The van der Waals surface area contributed by atoms with Crippen LogP contribution >= 0.6 is 0 Å². The second-order valence-electron chi connectivity index (χ2n) is 4.32. The number of pyridine rings is 1. The second kappa shape index (κ2) is 4.73. The molecule has 0 spiro atoms. The Bertz CT molecular complexity index is 581. The van der Waals surface area contributed by atoms with Gasteiger partial charge in [0.05, 0.1) is 11.7 Å². The number of aromatic nitrogens is 1. The number of amides is 1. The van der Waals surface area contributed by atoms with E-state index in [0.29, 0.717) is 0 Å². The molecule has 8 nitrogen and oxygen atoms in total. The highest BCUT2D eigenvalue weighted by Gasteiger charge is 2.39. The molecule has 0 unspecified atom stereocenters. The molecule has 4 N–H and O–H groups in total. The number of aromatic hydroxyl groups is 1. The van der Waals surface area contributed by atoms with Crippen LogP contribution in [0.4, 0.5) is 0 Å². The number of aliphatic hydroxyl groups excluding tert-OH is 1. The molecule has 1 aliphatic heterocycles. The molecular formula is C11H12N2O6. The molecule has 102 valence electrons. The number of aliphatic hydroxyl groups is 1. The van der Waals surface area contributed by atoms with E-state index in [-0.39, 0.29) is 18.5 Å².